The number of hydrogen-bond acceptors (Lipinski definition) is 6. The van der Waals surface area contributed by atoms with E-state index in [4.69, 9.17) is 23.2 Å². The number of carbonyl (C=O) groups is 1. The number of pyridine rings is 1. The molecule has 7 nitrogen and oxygen atoms in total. The van der Waals surface area contributed by atoms with E-state index in [0.717, 1.165) is 0 Å². The van der Waals surface area contributed by atoms with Crippen LogP contribution < -0.4 is 5.43 Å². The highest BCUT2D eigenvalue weighted by molar-refractivity contribution is 6.36. The van der Waals surface area contributed by atoms with E-state index in [1.165, 1.54) is 18.5 Å². The van der Waals surface area contributed by atoms with Crippen molar-refractivity contribution in [2.24, 2.45) is 15.3 Å². The number of rotatable bonds is 5. The average Bonchev–Trinajstić information content (AvgIpc) is 2.70. The van der Waals surface area contributed by atoms with Gasteiger partial charge in [0.05, 0.1) is 16.9 Å². The van der Waals surface area contributed by atoms with Crippen LogP contribution in [0.15, 0.2) is 76.1 Å². The van der Waals surface area contributed by atoms with E-state index in [0.29, 0.717) is 27.0 Å². The van der Waals surface area contributed by atoms with Crippen LogP contribution in [0.4, 0.5) is 11.4 Å². The van der Waals surface area contributed by atoms with E-state index < -0.39 is 5.91 Å². The Labute approximate surface area is 170 Å². The molecule has 3 rings (SSSR count). The maximum Gasteiger partial charge on any atom is 0.289 e. The molecule has 2 aromatic carbocycles. The molecular formula is C19H13Cl2N5O2. The van der Waals surface area contributed by atoms with Gasteiger partial charge in [-0.15, -0.1) is 5.11 Å². The molecule has 9 heteroatoms. The van der Waals surface area contributed by atoms with Gasteiger partial charge in [-0.3, -0.25) is 9.78 Å². The van der Waals surface area contributed by atoms with Gasteiger partial charge in [-0.2, -0.15) is 10.2 Å². The molecule has 0 aliphatic carbocycles. The Morgan fingerprint density at radius 3 is 2.68 bits per heavy atom. The first-order valence-corrected chi connectivity index (χ1v) is 8.73. The van der Waals surface area contributed by atoms with Gasteiger partial charge < -0.3 is 5.11 Å². The molecule has 0 unspecified atom stereocenters. The molecule has 0 radical (unpaired) electrons. The van der Waals surface area contributed by atoms with Crippen LogP contribution in [0.1, 0.15) is 16.1 Å². The second-order valence-electron chi connectivity index (χ2n) is 5.45. The van der Waals surface area contributed by atoms with Crippen LogP contribution in [0.3, 0.4) is 0 Å². The first-order chi connectivity index (χ1) is 13.5. The van der Waals surface area contributed by atoms with Crippen LogP contribution in [-0.4, -0.2) is 22.2 Å². The molecule has 0 aliphatic heterocycles. The van der Waals surface area contributed by atoms with Crippen molar-refractivity contribution >= 4 is 46.7 Å². The first-order valence-electron chi connectivity index (χ1n) is 7.97. The van der Waals surface area contributed by atoms with Gasteiger partial charge in [-0.05, 0) is 48.5 Å². The first kappa shape index (κ1) is 19.5. The fourth-order valence-corrected chi connectivity index (χ4v) is 2.54. The Morgan fingerprint density at radius 1 is 1.07 bits per heavy atom. The van der Waals surface area contributed by atoms with Gasteiger partial charge in [-0.25, -0.2) is 5.43 Å². The number of aromatic nitrogens is 1. The van der Waals surface area contributed by atoms with Crippen molar-refractivity contribution < 1.29 is 9.90 Å². The summed E-state index contributed by atoms with van der Waals surface area (Å²) in [6, 6.07) is 14.4. The minimum Gasteiger partial charge on any atom is -0.507 e. The normalized spacial score (nSPS) is 11.2. The minimum atomic E-state index is -0.468. The van der Waals surface area contributed by atoms with Crippen molar-refractivity contribution in [1.82, 2.24) is 10.4 Å². The maximum absolute atomic E-state index is 11.9. The second kappa shape index (κ2) is 9.07. The summed E-state index contributed by atoms with van der Waals surface area (Å²) >= 11 is 11.9. The molecule has 1 aromatic heterocycles. The molecule has 0 spiro atoms. The van der Waals surface area contributed by atoms with Gasteiger partial charge in [-0.1, -0.05) is 29.3 Å². The van der Waals surface area contributed by atoms with Crippen LogP contribution >= 0.6 is 23.2 Å². The summed E-state index contributed by atoms with van der Waals surface area (Å²) in [6.07, 6.45) is 2.80. The molecule has 28 heavy (non-hydrogen) atoms. The van der Waals surface area contributed by atoms with Gasteiger partial charge >= 0.3 is 0 Å². The highest BCUT2D eigenvalue weighted by Gasteiger charge is 2.05. The van der Waals surface area contributed by atoms with Crippen molar-refractivity contribution in [3.8, 4) is 5.75 Å². The predicted octanol–water partition coefficient (Wildman–Crippen LogP) is 5.27. The third-order valence-electron chi connectivity index (χ3n) is 3.46. The summed E-state index contributed by atoms with van der Waals surface area (Å²) in [5.41, 5.74) is 3.83. The van der Waals surface area contributed by atoms with Gasteiger partial charge in [0, 0.05) is 16.8 Å². The topological polar surface area (TPSA) is 99.3 Å². The van der Waals surface area contributed by atoms with Crippen LogP contribution in [0.25, 0.3) is 0 Å². The molecule has 0 atom stereocenters. The standard InChI is InChI=1S/C19H13Cl2N5O2/c20-13-4-6-16(15(21)10-13)25-24-14-5-7-18(27)12(9-14)11-23-26-19(28)17-3-1-2-8-22-17/h1-11,27H,(H,26,28)/b23-11+,25-24?. The van der Waals surface area contributed by atoms with E-state index in [2.05, 4.69) is 25.7 Å². The Kier molecular flexibility index (Phi) is 6.31. The summed E-state index contributed by atoms with van der Waals surface area (Å²) in [7, 11) is 0. The monoisotopic (exact) mass is 413 g/mol. The molecule has 0 fully saturated rings. The zero-order valence-corrected chi connectivity index (χ0v) is 15.8. The summed E-state index contributed by atoms with van der Waals surface area (Å²) in [6.45, 7) is 0. The fourth-order valence-electron chi connectivity index (χ4n) is 2.10. The molecule has 3 aromatic rings. The molecular weight excluding hydrogens is 401 g/mol. The van der Waals surface area contributed by atoms with E-state index in [1.807, 2.05) is 0 Å². The van der Waals surface area contributed by atoms with Gasteiger partial charge in [0.1, 0.15) is 17.1 Å². The van der Waals surface area contributed by atoms with Crippen molar-refractivity contribution in [2.45, 2.75) is 0 Å². The third kappa shape index (κ3) is 5.12. The van der Waals surface area contributed by atoms with Crippen molar-refractivity contribution in [1.29, 1.82) is 0 Å². The second-order valence-corrected chi connectivity index (χ2v) is 6.30. The molecule has 0 bridgehead atoms. The van der Waals surface area contributed by atoms with Crippen molar-refractivity contribution in [2.75, 3.05) is 0 Å². The van der Waals surface area contributed by atoms with Crippen LogP contribution in [0.5, 0.6) is 5.75 Å². The predicted molar refractivity (Wildman–Crippen MR) is 108 cm³/mol. The lowest BCUT2D eigenvalue weighted by Gasteiger charge is -2.01. The minimum absolute atomic E-state index is 0.0284. The number of nitrogens with zero attached hydrogens (tertiary/aromatic N) is 4. The zero-order valence-electron chi connectivity index (χ0n) is 14.3. The highest BCUT2D eigenvalue weighted by Crippen LogP contribution is 2.30. The van der Waals surface area contributed by atoms with Crippen LogP contribution in [0.2, 0.25) is 10.0 Å². The van der Waals surface area contributed by atoms with Crippen molar-refractivity contribution in [3.63, 3.8) is 0 Å². The number of azo groups is 1. The summed E-state index contributed by atoms with van der Waals surface area (Å²) in [4.78, 5) is 15.8. The Morgan fingerprint density at radius 2 is 1.93 bits per heavy atom. The number of nitrogens with one attached hydrogen (secondary N) is 1. The number of hydrazone groups is 1. The number of phenols is 1. The zero-order chi connectivity index (χ0) is 19.9. The highest BCUT2D eigenvalue weighted by atomic mass is 35.5. The largest absolute Gasteiger partial charge is 0.507 e. The van der Waals surface area contributed by atoms with E-state index in [-0.39, 0.29) is 11.4 Å². The van der Waals surface area contributed by atoms with E-state index >= 15 is 0 Å². The summed E-state index contributed by atoms with van der Waals surface area (Å²) in [5, 5.41) is 22.8. The summed E-state index contributed by atoms with van der Waals surface area (Å²) in [5.74, 6) is -0.496. The lowest BCUT2D eigenvalue weighted by atomic mass is 10.2. The maximum atomic E-state index is 11.9. The number of phenolic OH excluding ortho intramolecular Hbond substituents is 1. The number of halogens is 2. The third-order valence-corrected chi connectivity index (χ3v) is 4.00. The molecule has 2 N–H and O–H groups in total. The number of amides is 1. The molecule has 0 aliphatic rings. The Bertz CT molecular complexity index is 1060. The fraction of sp³-hybridized carbons (Fsp3) is 0. The van der Waals surface area contributed by atoms with Gasteiger partial charge in [0.2, 0.25) is 0 Å². The number of carbonyl (C=O) groups excluding carboxylic acids is 1. The van der Waals surface area contributed by atoms with Crippen LogP contribution in [0, 0.1) is 0 Å². The lowest BCUT2D eigenvalue weighted by Crippen LogP contribution is -2.18. The molecule has 140 valence electrons. The average molecular weight is 414 g/mol. The lowest BCUT2D eigenvalue weighted by molar-refractivity contribution is 0.0950. The van der Waals surface area contributed by atoms with Gasteiger partial charge in [0.15, 0.2) is 0 Å². The van der Waals surface area contributed by atoms with E-state index in [1.54, 1.807) is 48.5 Å². The van der Waals surface area contributed by atoms with Crippen LogP contribution in [-0.2, 0) is 0 Å². The molecule has 0 saturated heterocycles. The SMILES string of the molecule is O=C(N/N=C/c1cc(N=Nc2ccc(Cl)cc2Cl)ccc1O)c1ccccn1. The van der Waals surface area contributed by atoms with Crippen molar-refractivity contribution in [3.05, 3.63) is 82.1 Å². The molecule has 0 saturated carbocycles. The molecule has 1 amide bonds. The number of aromatic hydroxyl groups is 1. The van der Waals surface area contributed by atoms with Gasteiger partial charge in [0.25, 0.3) is 5.91 Å². The summed E-state index contributed by atoms with van der Waals surface area (Å²) < 4.78 is 0. The number of benzene rings is 2. The number of hydrogen-bond donors (Lipinski definition) is 2. The Hall–Kier alpha value is -3.29. The smallest absolute Gasteiger partial charge is 0.289 e. The van der Waals surface area contributed by atoms with E-state index in [9.17, 15) is 9.90 Å². The Balaban J connectivity index is 1.72. The quantitative estimate of drug-likeness (QED) is 0.338. The molecule has 1 heterocycles.